The number of carbonyl (C=O) groups is 1. The predicted octanol–water partition coefficient (Wildman–Crippen LogP) is 2.91. The third-order valence-electron chi connectivity index (χ3n) is 3.46. The van der Waals surface area contributed by atoms with E-state index in [1.807, 2.05) is 20.8 Å². The Morgan fingerprint density at radius 3 is 2.42 bits per heavy atom. The molecule has 0 aromatic rings. The quantitative estimate of drug-likeness (QED) is 0.759. The molecule has 0 aromatic heterocycles. The summed E-state index contributed by atoms with van der Waals surface area (Å²) in [6, 6.07) is -0.201. The molecule has 0 spiro atoms. The van der Waals surface area contributed by atoms with Gasteiger partial charge in [0, 0.05) is 13.0 Å². The number of nitrogens with zero attached hydrogens (tertiary/aromatic N) is 1. The molecule has 1 rings (SSSR count). The number of amides is 1. The smallest absolute Gasteiger partial charge is 0.326 e. The van der Waals surface area contributed by atoms with E-state index in [0.717, 1.165) is 6.42 Å². The Hall–Kier alpha value is -0.780. The van der Waals surface area contributed by atoms with Crippen LogP contribution >= 0.6 is 0 Å². The second-order valence-electron chi connectivity index (χ2n) is 5.42. The summed E-state index contributed by atoms with van der Waals surface area (Å²) in [6.07, 6.45) is -3.66. The summed E-state index contributed by atoms with van der Waals surface area (Å²) in [5.41, 5.74) is 0. The molecule has 1 N–H and O–H groups in total. The fourth-order valence-electron chi connectivity index (χ4n) is 2.39. The SMILES string of the molecule is CCC1NC(C(C)C)C(=O)N1CCCCC(F)(F)F. The van der Waals surface area contributed by atoms with E-state index in [1.54, 1.807) is 4.90 Å². The minimum Gasteiger partial charge on any atom is -0.326 e. The molecule has 0 aromatic carbocycles. The van der Waals surface area contributed by atoms with Gasteiger partial charge < -0.3 is 4.90 Å². The maximum atomic E-state index is 12.1. The number of rotatable bonds is 6. The van der Waals surface area contributed by atoms with E-state index in [9.17, 15) is 18.0 Å². The summed E-state index contributed by atoms with van der Waals surface area (Å²) < 4.78 is 36.2. The first-order chi connectivity index (χ1) is 8.76. The zero-order valence-corrected chi connectivity index (χ0v) is 11.8. The van der Waals surface area contributed by atoms with Crippen molar-refractivity contribution in [3.8, 4) is 0 Å². The van der Waals surface area contributed by atoms with E-state index in [2.05, 4.69) is 5.32 Å². The highest BCUT2D eigenvalue weighted by molar-refractivity contribution is 5.84. The summed E-state index contributed by atoms with van der Waals surface area (Å²) >= 11 is 0. The van der Waals surface area contributed by atoms with Gasteiger partial charge in [-0.3, -0.25) is 10.1 Å². The van der Waals surface area contributed by atoms with Crippen LogP contribution in [0.1, 0.15) is 46.5 Å². The van der Waals surface area contributed by atoms with Gasteiger partial charge in [0.15, 0.2) is 0 Å². The molecule has 2 atom stereocenters. The first-order valence-electron chi connectivity index (χ1n) is 6.89. The monoisotopic (exact) mass is 280 g/mol. The van der Waals surface area contributed by atoms with Gasteiger partial charge in [-0.05, 0) is 25.2 Å². The molecule has 1 heterocycles. The molecule has 1 aliphatic rings. The van der Waals surface area contributed by atoms with Crippen LogP contribution in [0.5, 0.6) is 0 Å². The zero-order valence-electron chi connectivity index (χ0n) is 11.8. The molecule has 1 aliphatic heterocycles. The number of halogens is 3. The molecule has 19 heavy (non-hydrogen) atoms. The normalized spacial score (nSPS) is 24.6. The Bertz CT molecular complexity index is 305. The van der Waals surface area contributed by atoms with Crippen molar-refractivity contribution in [2.75, 3.05) is 6.54 Å². The number of carbonyl (C=O) groups excluding carboxylic acids is 1. The van der Waals surface area contributed by atoms with Gasteiger partial charge in [-0.15, -0.1) is 0 Å². The molecule has 1 saturated heterocycles. The van der Waals surface area contributed by atoms with Gasteiger partial charge in [-0.1, -0.05) is 20.8 Å². The Morgan fingerprint density at radius 2 is 1.95 bits per heavy atom. The van der Waals surface area contributed by atoms with Gasteiger partial charge in [0.05, 0.1) is 12.2 Å². The van der Waals surface area contributed by atoms with Crippen LogP contribution in [0.15, 0.2) is 0 Å². The number of hydrogen-bond donors (Lipinski definition) is 1. The molecule has 6 heteroatoms. The Kier molecular flexibility index (Phi) is 5.64. The fraction of sp³-hybridized carbons (Fsp3) is 0.923. The molecule has 1 amide bonds. The molecule has 3 nitrogen and oxygen atoms in total. The molecule has 1 fully saturated rings. The van der Waals surface area contributed by atoms with Crippen LogP contribution in [-0.4, -0.2) is 35.7 Å². The summed E-state index contributed by atoms with van der Waals surface area (Å²) in [5.74, 6) is 0.218. The minimum atomic E-state index is -4.10. The Balaban J connectivity index is 2.45. The van der Waals surface area contributed by atoms with Crippen LogP contribution in [0.25, 0.3) is 0 Å². The van der Waals surface area contributed by atoms with Crippen LogP contribution < -0.4 is 5.32 Å². The van der Waals surface area contributed by atoms with Gasteiger partial charge in [0.1, 0.15) is 0 Å². The lowest BCUT2D eigenvalue weighted by Crippen LogP contribution is -2.37. The summed E-state index contributed by atoms with van der Waals surface area (Å²) in [5, 5.41) is 3.25. The van der Waals surface area contributed by atoms with Gasteiger partial charge >= 0.3 is 6.18 Å². The molecule has 0 saturated carbocycles. The first kappa shape index (κ1) is 16.3. The second-order valence-corrected chi connectivity index (χ2v) is 5.42. The second kappa shape index (κ2) is 6.59. The van der Waals surface area contributed by atoms with Crippen LogP contribution in [0, 0.1) is 5.92 Å². The maximum absolute atomic E-state index is 12.1. The Labute approximate surface area is 112 Å². The van der Waals surface area contributed by atoms with Crippen LogP contribution in [0.3, 0.4) is 0 Å². The predicted molar refractivity (Wildman–Crippen MR) is 67.5 cm³/mol. The number of unbranched alkanes of at least 4 members (excludes halogenated alkanes) is 1. The topological polar surface area (TPSA) is 32.3 Å². The van der Waals surface area contributed by atoms with Gasteiger partial charge in [-0.2, -0.15) is 13.2 Å². The molecule has 0 radical (unpaired) electrons. The fourth-order valence-corrected chi connectivity index (χ4v) is 2.39. The van der Waals surface area contributed by atoms with Crippen LogP contribution in [-0.2, 0) is 4.79 Å². The van der Waals surface area contributed by atoms with Crippen molar-refractivity contribution in [3.05, 3.63) is 0 Å². The van der Waals surface area contributed by atoms with E-state index < -0.39 is 12.6 Å². The molecular weight excluding hydrogens is 257 g/mol. The van der Waals surface area contributed by atoms with Crippen molar-refractivity contribution >= 4 is 5.91 Å². The maximum Gasteiger partial charge on any atom is 0.389 e. The third-order valence-corrected chi connectivity index (χ3v) is 3.46. The lowest BCUT2D eigenvalue weighted by Gasteiger charge is -2.23. The average Bonchev–Trinajstić information content (AvgIpc) is 2.60. The number of hydrogen-bond acceptors (Lipinski definition) is 2. The zero-order chi connectivity index (χ0) is 14.6. The largest absolute Gasteiger partial charge is 0.389 e. The average molecular weight is 280 g/mol. The van der Waals surface area contributed by atoms with E-state index in [0.29, 0.717) is 13.0 Å². The van der Waals surface area contributed by atoms with E-state index in [-0.39, 0.29) is 30.5 Å². The van der Waals surface area contributed by atoms with Crippen molar-refractivity contribution < 1.29 is 18.0 Å². The molecule has 0 bridgehead atoms. The summed E-state index contributed by atoms with van der Waals surface area (Å²) in [6.45, 7) is 6.31. The molecular formula is C13H23F3N2O. The lowest BCUT2D eigenvalue weighted by atomic mass is 10.1. The minimum absolute atomic E-state index is 0.0221. The van der Waals surface area contributed by atoms with Crippen molar-refractivity contribution in [1.29, 1.82) is 0 Å². The van der Waals surface area contributed by atoms with Gasteiger partial charge in [0.25, 0.3) is 0 Å². The molecule has 112 valence electrons. The molecule has 0 aliphatic carbocycles. The third kappa shape index (κ3) is 4.67. The van der Waals surface area contributed by atoms with E-state index in [1.165, 1.54) is 0 Å². The highest BCUT2D eigenvalue weighted by Gasteiger charge is 2.38. The highest BCUT2D eigenvalue weighted by atomic mass is 19.4. The number of nitrogens with one attached hydrogen (secondary N) is 1. The first-order valence-corrected chi connectivity index (χ1v) is 6.89. The van der Waals surface area contributed by atoms with Crippen molar-refractivity contribution in [2.24, 2.45) is 5.92 Å². The summed E-state index contributed by atoms with van der Waals surface area (Å²) in [4.78, 5) is 13.8. The van der Waals surface area contributed by atoms with Crippen molar-refractivity contribution in [2.45, 2.75) is 64.8 Å². The van der Waals surface area contributed by atoms with Gasteiger partial charge in [0.2, 0.25) is 5.91 Å². The standard InChI is InChI=1S/C13H23F3N2O/c1-4-10-17-11(9(2)3)12(19)18(10)8-6-5-7-13(14,15)16/h9-11,17H,4-8H2,1-3H3. The van der Waals surface area contributed by atoms with Gasteiger partial charge in [-0.25, -0.2) is 0 Å². The van der Waals surface area contributed by atoms with Crippen LogP contribution in [0.4, 0.5) is 13.2 Å². The Morgan fingerprint density at radius 1 is 1.32 bits per heavy atom. The van der Waals surface area contributed by atoms with E-state index >= 15 is 0 Å². The lowest BCUT2D eigenvalue weighted by molar-refractivity contribution is -0.136. The van der Waals surface area contributed by atoms with Crippen molar-refractivity contribution in [3.63, 3.8) is 0 Å². The van der Waals surface area contributed by atoms with Crippen LogP contribution in [0.2, 0.25) is 0 Å². The molecule has 2 unspecified atom stereocenters. The van der Waals surface area contributed by atoms with Crippen molar-refractivity contribution in [1.82, 2.24) is 10.2 Å². The highest BCUT2D eigenvalue weighted by Crippen LogP contribution is 2.24. The number of alkyl halides is 3. The van der Waals surface area contributed by atoms with E-state index in [4.69, 9.17) is 0 Å². The summed E-state index contributed by atoms with van der Waals surface area (Å²) in [7, 11) is 0.